The lowest BCUT2D eigenvalue weighted by Crippen LogP contribution is -2.46. The largest absolute Gasteiger partial charge is 0.465 e. The third-order valence-electron chi connectivity index (χ3n) is 3.68. The van der Waals surface area contributed by atoms with Gasteiger partial charge in [0.2, 0.25) is 0 Å². The van der Waals surface area contributed by atoms with Crippen LogP contribution in [-0.2, 0) is 5.41 Å². The van der Waals surface area contributed by atoms with Crippen LogP contribution in [0.25, 0.3) is 0 Å². The summed E-state index contributed by atoms with van der Waals surface area (Å²) in [4.78, 5) is 12.3. The minimum Gasteiger partial charge on any atom is -0.465 e. The van der Waals surface area contributed by atoms with Gasteiger partial charge in [-0.1, -0.05) is 30.3 Å². The van der Waals surface area contributed by atoms with Crippen LogP contribution in [0.3, 0.4) is 0 Å². The minimum absolute atomic E-state index is 0.0739. The van der Waals surface area contributed by atoms with Gasteiger partial charge >= 0.3 is 6.09 Å². The number of rotatable bonds is 2. The van der Waals surface area contributed by atoms with Gasteiger partial charge in [0.1, 0.15) is 0 Å². The fourth-order valence-corrected chi connectivity index (χ4v) is 2.46. The normalized spacial score (nSPS) is 19.0. The van der Waals surface area contributed by atoms with Gasteiger partial charge in [0.25, 0.3) is 0 Å². The van der Waals surface area contributed by atoms with Crippen molar-refractivity contribution in [3.63, 3.8) is 0 Å². The molecular formula is C13H17NO3. The van der Waals surface area contributed by atoms with E-state index in [1.165, 1.54) is 4.90 Å². The molecule has 1 heterocycles. The number of piperidine rings is 1. The Labute approximate surface area is 100 Å². The average molecular weight is 235 g/mol. The smallest absolute Gasteiger partial charge is 0.407 e. The summed E-state index contributed by atoms with van der Waals surface area (Å²) in [5, 5.41) is 18.6. The number of carboxylic acid groups (broad SMARTS) is 1. The highest BCUT2D eigenvalue weighted by Gasteiger charge is 2.36. The van der Waals surface area contributed by atoms with Crippen molar-refractivity contribution >= 4 is 6.09 Å². The van der Waals surface area contributed by atoms with Crippen LogP contribution in [0.1, 0.15) is 18.4 Å². The summed E-state index contributed by atoms with van der Waals surface area (Å²) in [6.45, 7) is 1.06. The lowest BCUT2D eigenvalue weighted by atomic mass is 9.73. The summed E-state index contributed by atoms with van der Waals surface area (Å²) in [5.74, 6) is 0. The van der Waals surface area contributed by atoms with E-state index in [1.807, 2.05) is 30.3 Å². The minimum atomic E-state index is -0.871. The van der Waals surface area contributed by atoms with Crippen LogP contribution in [0.2, 0.25) is 0 Å². The van der Waals surface area contributed by atoms with Crippen LogP contribution in [0.5, 0.6) is 0 Å². The summed E-state index contributed by atoms with van der Waals surface area (Å²) >= 11 is 0. The quantitative estimate of drug-likeness (QED) is 0.820. The molecular weight excluding hydrogens is 218 g/mol. The zero-order valence-corrected chi connectivity index (χ0v) is 9.67. The Bertz CT molecular complexity index is 383. The third kappa shape index (κ3) is 2.26. The van der Waals surface area contributed by atoms with E-state index in [1.54, 1.807) is 0 Å². The molecule has 0 saturated carbocycles. The zero-order valence-electron chi connectivity index (χ0n) is 9.67. The summed E-state index contributed by atoms with van der Waals surface area (Å²) in [6.07, 6.45) is 0.490. The van der Waals surface area contributed by atoms with Gasteiger partial charge in [-0.15, -0.1) is 0 Å². The van der Waals surface area contributed by atoms with E-state index >= 15 is 0 Å². The first-order valence-corrected chi connectivity index (χ1v) is 5.82. The van der Waals surface area contributed by atoms with Gasteiger partial charge in [-0.2, -0.15) is 0 Å². The highest BCUT2D eigenvalue weighted by Crippen LogP contribution is 2.34. The Balaban J connectivity index is 2.16. The predicted molar refractivity (Wildman–Crippen MR) is 64.0 cm³/mol. The molecule has 0 unspecified atom stereocenters. The summed E-state index contributed by atoms with van der Waals surface area (Å²) in [7, 11) is 0. The Morgan fingerprint density at radius 2 is 1.82 bits per heavy atom. The molecule has 4 nitrogen and oxygen atoms in total. The fraction of sp³-hybridized carbons (Fsp3) is 0.462. The molecule has 92 valence electrons. The van der Waals surface area contributed by atoms with Crippen LogP contribution >= 0.6 is 0 Å². The van der Waals surface area contributed by atoms with Gasteiger partial charge in [0.05, 0.1) is 6.61 Å². The lowest BCUT2D eigenvalue weighted by molar-refractivity contribution is 0.0894. The van der Waals surface area contributed by atoms with Crippen molar-refractivity contribution in [2.24, 2.45) is 0 Å². The van der Waals surface area contributed by atoms with E-state index in [0.29, 0.717) is 25.9 Å². The second-order valence-corrected chi connectivity index (χ2v) is 4.57. The topological polar surface area (TPSA) is 60.8 Å². The Morgan fingerprint density at radius 3 is 2.29 bits per heavy atom. The number of hydrogen-bond donors (Lipinski definition) is 2. The molecule has 1 saturated heterocycles. The molecule has 1 aromatic carbocycles. The van der Waals surface area contributed by atoms with Crippen LogP contribution < -0.4 is 0 Å². The number of hydrogen-bond acceptors (Lipinski definition) is 2. The summed E-state index contributed by atoms with van der Waals surface area (Å²) < 4.78 is 0. The van der Waals surface area contributed by atoms with Crippen molar-refractivity contribution in [2.75, 3.05) is 19.7 Å². The molecule has 1 fully saturated rings. The van der Waals surface area contributed by atoms with Gasteiger partial charge in [0, 0.05) is 18.5 Å². The van der Waals surface area contributed by atoms with Crippen molar-refractivity contribution in [2.45, 2.75) is 18.3 Å². The van der Waals surface area contributed by atoms with E-state index < -0.39 is 6.09 Å². The molecule has 0 bridgehead atoms. The number of amides is 1. The maximum atomic E-state index is 10.9. The summed E-state index contributed by atoms with van der Waals surface area (Å²) in [6, 6.07) is 9.87. The average Bonchev–Trinajstić information content (AvgIpc) is 2.40. The Morgan fingerprint density at radius 1 is 1.24 bits per heavy atom. The Hall–Kier alpha value is -1.55. The van der Waals surface area contributed by atoms with Gasteiger partial charge in [-0.05, 0) is 18.4 Å². The molecule has 0 aliphatic carbocycles. The standard InChI is InChI=1S/C13H17NO3/c15-10-13(11-4-2-1-3-5-11)6-8-14(9-7-13)12(16)17/h1-5,15H,6-10H2,(H,16,17). The van der Waals surface area contributed by atoms with Crippen molar-refractivity contribution < 1.29 is 15.0 Å². The van der Waals surface area contributed by atoms with E-state index in [4.69, 9.17) is 5.11 Å². The van der Waals surface area contributed by atoms with Gasteiger partial charge in [0.15, 0.2) is 0 Å². The molecule has 4 heteroatoms. The van der Waals surface area contributed by atoms with E-state index in [0.717, 1.165) is 5.56 Å². The number of likely N-dealkylation sites (tertiary alicyclic amines) is 1. The van der Waals surface area contributed by atoms with E-state index in [9.17, 15) is 9.90 Å². The molecule has 0 aromatic heterocycles. The van der Waals surface area contributed by atoms with Gasteiger partial charge in [-0.3, -0.25) is 0 Å². The van der Waals surface area contributed by atoms with Gasteiger partial charge in [-0.25, -0.2) is 4.79 Å². The second kappa shape index (κ2) is 4.75. The highest BCUT2D eigenvalue weighted by molar-refractivity contribution is 5.65. The molecule has 2 N–H and O–H groups in total. The first-order chi connectivity index (χ1) is 8.18. The molecule has 1 aliphatic rings. The lowest BCUT2D eigenvalue weighted by Gasteiger charge is -2.40. The first-order valence-electron chi connectivity index (χ1n) is 5.82. The maximum Gasteiger partial charge on any atom is 0.407 e. The van der Waals surface area contributed by atoms with E-state index in [2.05, 4.69) is 0 Å². The molecule has 0 atom stereocenters. The van der Waals surface area contributed by atoms with Crippen LogP contribution in [0.15, 0.2) is 30.3 Å². The van der Waals surface area contributed by atoms with Crippen molar-refractivity contribution in [3.8, 4) is 0 Å². The monoisotopic (exact) mass is 235 g/mol. The maximum absolute atomic E-state index is 10.9. The van der Waals surface area contributed by atoms with Gasteiger partial charge < -0.3 is 15.1 Å². The molecule has 1 amide bonds. The van der Waals surface area contributed by atoms with E-state index in [-0.39, 0.29) is 12.0 Å². The number of benzene rings is 1. The van der Waals surface area contributed by atoms with Crippen molar-refractivity contribution in [1.29, 1.82) is 0 Å². The summed E-state index contributed by atoms with van der Waals surface area (Å²) in [5.41, 5.74) is 0.834. The number of aliphatic hydroxyl groups is 1. The molecule has 0 radical (unpaired) electrons. The van der Waals surface area contributed by atoms with Crippen molar-refractivity contribution in [1.82, 2.24) is 4.90 Å². The third-order valence-corrected chi connectivity index (χ3v) is 3.68. The molecule has 1 aromatic rings. The zero-order chi connectivity index (χ0) is 12.3. The van der Waals surface area contributed by atoms with Crippen LogP contribution in [0.4, 0.5) is 4.79 Å². The second-order valence-electron chi connectivity index (χ2n) is 4.57. The number of aliphatic hydroxyl groups excluding tert-OH is 1. The van der Waals surface area contributed by atoms with Crippen LogP contribution in [0, 0.1) is 0 Å². The fourth-order valence-electron chi connectivity index (χ4n) is 2.46. The predicted octanol–water partition coefficient (Wildman–Crippen LogP) is 1.69. The molecule has 17 heavy (non-hydrogen) atoms. The first kappa shape index (κ1) is 11.9. The highest BCUT2D eigenvalue weighted by atomic mass is 16.4. The van der Waals surface area contributed by atoms with Crippen molar-refractivity contribution in [3.05, 3.63) is 35.9 Å². The number of nitrogens with zero attached hydrogens (tertiary/aromatic N) is 1. The molecule has 0 spiro atoms. The molecule has 2 rings (SSSR count). The van der Waals surface area contributed by atoms with Crippen LogP contribution in [-0.4, -0.2) is 40.9 Å². The molecule has 1 aliphatic heterocycles. The SMILES string of the molecule is O=C(O)N1CCC(CO)(c2ccccc2)CC1. The Kier molecular flexibility index (Phi) is 3.33. The number of carbonyl (C=O) groups is 1.